The number of aliphatic hydroxyl groups excluding tert-OH is 1. The largest absolute Gasteiger partial charge is 0.507 e. The molecule has 0 aromatic heterocycles. The van der Waals surface area contributed by atoms with Crippen LogP contribution in [0.1, 0.15) is 54.4 Å². The highest BCUT2D eigenvalue weighted by atomic mass is 35.5. The number of methoxy groups -OCH3 is 2. The standard InChI is InChI=1S/C32H35ClN2O11S/c1-16-11-20(36)26(30(38)32(16)31(39)27-23(42-2)14-24(43-3)28(33)29(27)46-32)19(17-5-6-21-22(12-17)45-15-44-21)13-25(37)34-18-7-9-35(10-8-18)47(4,40)41/h5-6,12,14,16,18-19,38H,7-11,13,15H2,1-4H3,(H,34,37)/t16-,19?,32+/m1/s1. The molecule has 6 rings (SSSR count). The van der Waals surface area contributed by atoms with Crippen molar-refractivity contribution < 1.29 is 51.6 Å². The van der Waals surface area contributed by atoms with Gasteiger partial charge >= 0.3 is 0 Å². The lowest BCUT2D eigenvalue weighted by molar-refractivity contribution is -0.122. The highest BCUT2D eigenvalue weighted by Gasteiger charge is 2.61. The Morgan fingerprint density at radius 1 is 1.13 bits per heavy atom. The van der Waals surface area contributed by atoms with Crippen LogP contribution in [0.4, 0.5) is 0 Å². The number of Topliss-reactive ketones (excluding diaryl/α,β-unsaturated/α-hetero) is 2. The molecule has 0 saturated carbocycles. The highest BCUT2D eigenvalue weighted by Crippen LogP contribution is 2.56. The molecular weight excluding hydrogens is 656 g/mol. The van der Waals surface area contributed by atoms with E-state index in [1.165, 1.54) is 24.6 Å². The van der Waals surface area contributed by atoms with Crippen molar-refractivity contribution in [2.24, 2.45) is 5.92 Å². The van der Waals surface area contributed by atoms with E-state index in [1.54, 1.807) is 25.1 Å². The number of nitrogens with zero attached hydrogens (tertiary/aromatic N) is 1. The average Bonchev–Trinajstić information content (AvgIpc) is 3.63. The van der Waals surface area contributed by atoms with Crippen LogP contribution in [0.3, 0.4) is 0 Å². The summed E-state index contributed by atoms with van der Waals surface area (Å²) >= 11 is 6.58. The fourth-order valence-corrected chi connectivity index (χ4v) is 8.00. The van der Waals surface area contributed by atoms with E-state index in [0.717, 1.165) is 6.26 Å². The molecular formula is C32H35ClN2O11S. The number of ether oxygens (including phenoxy) is 5. The second-order valence-electron chi connectivity index (χ2n) is 12.1. The molecule has 1 saturated heterocycles. The van der Waals surface area contributed by atoms with Gasteiger partial charge in [0.05, 0.1) is 20.5 Å². The van der Waals surface area contributed by atoms with E-state index in [9.17, 15) is 27.9 Å². The van der Waals surface area contributed by atoms with E-state index < -0.39 is 50.7 Å². The molecule has 1 unspecified atom stereocenters. The number of carbonyl (C=O) groups excluding carboxylic acids is 3. The van der Waals surface area contributed by atoms with E-state index >= 15 is 0 Å². The highest BCUT2D eigenvalue weighted by molar-refractivity contribution is 7.88. The summed E-state index contributed by atoms with van der Waals surface area (Å²) in [5.74, 6) is -2.85. The molecule has 1 aliphatic carbocycles. The molecule has 2 aromatic rings. The Kier molecular flexibility index (Phi) is 8.56. The van der Waals surface area contributed by atoms with Crippen LogP contribution >= 0.6 is 11.6 Å². The van der Waals surface area contributed by atoms with Crippen molar-refractivity contribution in [3.63, 3.8) is 0 Å². The number of fused-ring (bicyclic) bond motifs is 2. The molecule has 1 fully saturated rings. The van der Waals surface area contributed by atoms with Crippen molar-refractivity contribution in [2.75, 3.05) is 40.4 Å². The van der Waals surface area contributed by atoms with Crippen LogP contribution in [0.5, 0.6) is 28.7 Å². The van der Waals surface area contributed by atoms with Gasteiger partial charge < -0.3 is 34.1 Å². The number of rotatable bonds is 8. The second-order valence-corrected chi connectivity index (χ2v) is 14.5. The van der Waals surface area contributed by atoms with Crippen LogP contribution in [0.25, 0.3) is 0 Å². The number of allylic oxidation sites excluding steroid dienone is 1. The molecule has 3 aliphatic heterocycles. The van der Waals surface area contributed by atoms with Crippen molar-refractivity contribution in [1.82, 2.24) is 9.62 Å². The fourth-order valence-electron chi connectivity index (χ4n) is 6.86. The summed E-state index contributed by atoms with van der Waals surface area (Å²) < 4.78 is 53.4. The van der Waals surface area contributed by atoms with Crippen molar-refractivity contribution in [2.45, 2.75) is 50.2 Å². The minimum atomic E-state index is -3.35. The predicted molar refractivity (Wildman–Crippen MR) is 168 cm³/mol. The lowest BCUT2D eigenvalue weighted by Crippen LogP contribution is -2.53. The lowest BCUT2D eigenvalue weighted by atomic mass is 9.69. The first-order chi connectivity index (χ1) is 22.3. The Bertz CT molecular complexity index is 1800. The van der Waals surface area contributed by atoms with Gasteiger partial charge in [-0.05, 0) is 30.5 Å². The Labute approximate surface area is 276 Å². The summed E-state index contributed by atoms with van der Waals surface area (Å²) in [7, 11) is -0.585. The number of benzene rings is 2. The molecule has 4 aliphatic rings. The van der Waals surface area contributed by atoms with E-state index in [-0.39, 0.29) is 72.2 Å². The minimum Gasteiger partial charge on any atom is -0.507 e. The fraction of sp³-hybridized carbons (Fsp3) is 0.469. The van der Waals surface area contributed by atoms with Gasteiger partial charge in [0.25, 0.3) is 0 Å². The van der Waals surface area contributed by atoms with Gasteiger partial charge in [0.1, 0.15) is 22.1 Å². The first kappa shape index (κ1) is 32.9. The number of hydrogen-bond donors (Lipinski definition) is 2. The zero-order valence-electron chi connectivity index (χ0n) is 26.3. The van der Waals surface area contributed by atoms with Crippen LogP contribution in [0.15, 0.2) is 35.6 Å². The zero-order chi connectivity index (χ0) is 33.8. The second kappa shape index (κ2) is 12.2. The Morgan fingerprint density at radius 2 is 1.81 bits per heavy atom. The van der Waals surface area contributed by atoms with Gasteiger partial charge in [-0.25, -0.2) is 12.7 Å². The molecule has 3 heterocycles. The van der Waals surface area contributed by atoms with Crippen molar-refractivity contribution in [1.29, 1.82) is 0 Å². The number of aliphatic hydroxyl groups is 1. The first-order valence-corrected chi connectivity index (χ1v) is 17.3. The van der Waals surface area contributed by atoms with Crippen molar-refractivity contribution in [3.8, 4) is 28.7 Å². The molecule has 1 spiro atoms. The zero-order valence-corrected chi connectivity index (χ0v) is 27.8. The molecule has 3 atom stereocenters. The van der Waals surface area contributed by atoms with E-state index in [1.807, 2.05) is 0 Å². The number of piperidine rings is 1. The van der Waals surface area contributed by atoms with Gasteiger partial charge in [-0.3, -0.25) is 14.4 Å². The Balaban J connectivity index is 1.40. The quantitative estimate of drug-likeness (QED) is 0.416. The number of halogens is 1. The van der Waals surface area contributed by atoms with Gasteiger partial charge in [-0.1, -0.05) is 24.6 Å². The van der Waals surface area contributed by atoms with Gasteiger partial charge in [0.15, 0.2) is 28.8 Å². The maximum absolute atomic E-state index is 14.3. The van der Waals surface area contributed by atoms with E-state index in [0.29, 0.717) is 29.9 Å². The Hall–Kier alpha value is -4.01. The number of sulfonamides is 1. The molecule has 13 nitrogen and oxygen atoms in total. The number of hydrogen-bond acceptors (Lipinski definition) is 11. The van der Waals surface area contributed by atoms with E-state index in [2.05, 4.69) is 5.32 Å². The van der Waals surface area contributed by atoms with Gasteiger partial charge in [0, 0.05) is 55.4 Å². The summed E-state index contributed by atoms with van der Waals surface area (Å²) in [4.78, 5) is 41.8. The third-order valence-corrected chi connectivity index (χ3v) is 11.0. The first-order valence-electron chi connectivity index (χ1n) is 15.1. The van der Waals surface area contributed by atoms with Crippen LogP contribution < -0.4 is 29.0 Å². The lowest BCUT2D eigenvalue weighted by Gasteiger charge is -2.39. The van der Waals surface area contributed by atoms with E-state index in [4.69, 9.17) is 35.3 Å². The number of carbonyl (C=O) groups is 3. The number of nitrogens with one attached hydrogen (secondary N) is 1. The molecule has 15 heteroatoms. The van der Waals surface area contributed by atoms with Gasteiger partial charge in [-0.15, -0.1) is 0 Å². The monoisotopic (exact) mass is 690 g/mol. The summed E-state index contributed by atoms with van der Waals surface area (Å²) in [5.41, 5.74) is -1.70. The molecule has 2 aromatic carbocycles. The van der Waals surface area contributed by atoms with Crippen molar-refractivity contribution in [3.05, 3.63) is 51.7 Å². The average molecular weight is 691 g/mol. The summed E-state index contributed by atoms with van der Waals surface area (Å²) in [6.07, 6.45) is 1.51. The SMILES string of the molecule is COc1cc(OC)c2c(c1Cl)O[C@]1(C2=O)C(O)=C(C(CC(=O)NC2CCN(S(C)(=O)=O)CC2)c2ccc3c(c2)OCO3)C(=O)C[C@H]1C. The summed E-state index contributed by atoms with van der Waals surface area (Å²) in [6.45, 7) is 2.14. The number of ketones is 2. The smallest absolute Gasteiger partial charge is 0.231 e. The maximum Gasteiger partial charge on any atom is 0.231 e. The number of amides is 1. The Morgan fingerprint density at radius 3 is 2.47 bits per heavy atom. The molecule has 1 amide bonds. The third kappa shape index (κ3) is 5.55. The minimum absolute atomic E-state index is 0.000550. The van der Waals surface area contributed by atoms with Gasteiger partial charge in [-0.2, -0.15) is 0 Å². The van der Waals surface area contributed by atoms with Gasteiger partial charge in [0.2, 0.25) is 34.1 Å². The third-order valence-electron chi connectivity index (χ3n) is 9.34. The summed E-state index contributed by atoms with van der Waals surface area (Å²) in [5, 5.41) is 15.1. The topological polar surface area (TPSA) is 167 Å². The molecule has 252 valence electrons. The van der Waals surface area contributed by atoms with Crippen molar-refractivity contribution >= 4 is 39.1 Å². The maximum atomic E-state index is 14.3. The molecule has 0 radical (unpaired) electrons. The van der Waals surface area contributed by atoms with Crippen LogP contribution in [0.2, 0.25) is 5.02 Å². The normalized spacial score (nSPS) is 23.5. The predicted octanol–water partition coefficient (Wildman–Crippen LogP) is 3.53. The molecule has 2 N–H and O–H groups in total. The summed E-state index contributed by atoms with van der Waals surface area (Å²) in [6, 6.07) is 6.11. The van der Waals surface area contributed by atoms with Crippen LogP contribution in [0, 0.1) is 5.92 Å². The van der Waals surface area contributed by atoms with Crippen LogP contribution in [-0.4, -0.2) is 87.3 Å². The molecule has 0 bridgehead atoms. The van der Waals surface area contributed by atoms with Crippen LogP contribution in [-0.2, 0) is 19.6 Å². The molecule has 47 heavy (non-hydrogen) atoms.